The molecule has 0 saturated carbocycles. The van der Waals surface area contributed by atoms with Crippen molar-refractivity contribution in [2.45, 2.75) is 360 Å². The van der Waals surface area contributed by atoms with E-state index < -0.39 is 91.5 Å². The molecule has 0 aromatic carbocycles. The van der Waals surface area contributed by atoms with E-state index in [9.17, 15) is 43.5 Å². The van der Waals surface area contributed by atoms with Crippen LogP contribution in [0.25, 0.3) is 0 Å². The van der Waals surface area contributed by atoms with Crippen LogP contribution < -0.4 is 0 Å². The summed E-state index contributed by atoms with van der Waals surface area (Å²) in [6, 6.07) is 0. The monoisotopic (exact) mass is 1640 g/mol. The molecule has 0 radical (unpaired) electrons. The fourth-order valence-electron chi connectivity index (χ4n) is 11.6. The van der Waals surface area contributed by atoms with Crippen LogP contribution in [0.2, 0.25) is 0 Å². The molecule has 654 valence electrons. The molecule has 0 aliphatic carbocycles. The van der Waals surface area contributed by atoms with Gasteiger partial charge in [0, 0.05) is 19.3 Å². The molecule has 0 aliphatic heterocycles. The average Bonchev–Trinajstić information content (AvgIpc) is 1.07. The van der Waals surface area contributed by atoms with Gasteiger partial charge >= 0.3 is 33.6 Å². The molecular formula is C97H160O16P2. The highest BCUT2D eigenvalue weighted by Gasteiger charge is 2.29. The Morgan fingerprint density at radius 2 is 0.435 bits per heavy atom. The first-order valence-corrected chi connectivity index (χ1v) is 47.7. The van der Waals surface area contributed by atoms with Crippen LogP contribution in [0, 0.1) is 0 Å². The van der Waals surface area contributed by atoms with E-state index in [1.807, 2.05) is 0 Å². The lowest BCUT2D eigenvalue weighted by Crippen LogP contribution is -2.30. The van der Waals surface area contributed by atoms with Crippen molar-refractivity contribution in [3.05, 3.63) is 194 Å². The lowest BCUT2D eigenvalue weighted by molar-refractivity contribution is -0.161. The maximum Gasteiger partial charge on any atom is 0.472 e. The van der Waals surface area contributed by atoms with Crippen molar-refractivity contribution in [3.63, 3.8) is 0 Å². The molecule has 0 saturated heterocycles. The van der Waals surface area contributed by atoms with Gasteiger partial charge in [-0.25, -0.2) is 9.13 Å². The van der Waals surface area contributed by atoms with Crippen LogP contribution in [0.4, 0.5) is 0 Å². The Hall–Kier alpha value is -5.61. The van der Waals surface area contributed by atoms with Crippen LogP contribution in [0.3, 0.4) is 0 Å². The van der Waals surface area contributed by atoms with E-state index in [2.05, 4.69) is 215 Å². The third kappa shape index (κ3) is 89.0. The molecule has 5 atom stereocenters. The maximum absolute atomic E-state index is 13.1. The maximum atomic E-state index is 13.1. The summed E-state index contributed by atoms with van der Waals surface area (Å²) in [5, 5.41) is 20.7. The van der Waals surface area contributed by atoms with Gasteiger partial charge in [0.2, 0.25) is 0 Å². The third-order valence-electron chi connectivity index (χ3n) is 18.3. The van der Waals surface area contributed by atoms with Gasteiger partial charge in [-0.05, 0) is 161 Å². The number of ether oxygens (including phenoxy) is 3. The Bertz CT molecular complexity index is 2870. The van der Waals surface area contributed by atoms with Gasteiger partial charge in [0.05, 0.1) is 26.4 Å². The summed E-state index contributed by atoms with van der Waals surface area (Å²) in [6.07, 6.45) is 116. The lowest BCUT2D eigenvalue weighted by Gasteiger charge is -2.21. The number of esters is 3. The average molecular weight is 1640 g/mol. The van der Waals surface area contributed by atoms with Crippen molar-refractivity contribution in [2.75, 3.05) is 39.6 Å². The number of phosphoric acid groups is 2. The minimum Gasteiger partial charge on any atom is -0.463 e. The minimum atomic E-state index is -4.96. The molecule has 4 N–H and O–H groups in total. The van der Waals surface area contributed by atoms with Gasteiger partial charge in [-0.2, -0.15) is 0 Å². The van der Waals surface area contributed by atoms with E-state index >= 15 is 0 Å². The van der Waals surface area contributed by atoms with Crippen molar-refractivity contribution in [1.82, 2.24) is 0 Å². The van der Waals surface area contributed by atoms with Crippen LogP contribution >= 0.6 is 15.6 Å². The zero-order valence-corrected chi connectivity index (χ0v) is 73.7. The zero-order valence-electron chi connectivity index (χ0n) is 71.9. The lowest BCUT2D eigenvalue weighted by atomic mass is 10.0. The molecule has 0 aliphatic rings. The molecule has 0 aromatic rings. The summed E-state index contributed by atoms with van der Waals surface area (Å²) in [4.78, 5) is 58.9. The SMILES string of the molecule is CC/C=C\C/C=C\C/C=C\C/C=C\C/C=C\C/C=C\CCCCCCC(=O)OCC(COP(=O)(O)OCC(O)COP(=O)(O)OCC(O)COC(=O)CCCCCCCCCCCCCCCCCCC/C=C\C/C=C\C/C=C\C/C=C\C/C=C\CC)OC(=O)CCCCCCCCC/C=C\C/C=C\C/C=C\C/C=C\C/C=C\CC. The number of aliphatic hydroxyl groups excluding tert-OH is 2. The molecule has 0 aromatic heterocycles. The van der Waals surface area contributed by atoms with E-state index in [0.29, 0.717) is 19.3 Å². The highest BCUT2D eigenvalue weighted by molar-refractivity contribution is 7.47. The zero-order chi connectivity index (χ0) is 83.6. The molecular weight excluding hydrogens is 1480 g/mol. The summed E-state index contributed by atoms with van der Waals surface area (Å²) >= 11 is 0. The van der Waals surface area contributed by atoms with Crippen LogP contribution in [-0.2, 0) is 55.8 Å². The summed E-state index contributed by atoms with van der Waals surface area (Å²) in [5.74, 6) is -1.62. The van der Waals surface area contributed by atoms with E-state index in [1.165, 1.54) is 89.9 Å². The normalized spacial score (nSPS) is 14.7. The van der Waals surface area contributed by atoms with Crippen molar-refractivity contribution < 1.29 is 75.8 Å². The summed E-state index contributed by atoms with van der Waals surface area (Å²) < 4.78 is 61.4. The van der Waals surface area contributed by atoms with Gasteiger partial charge < -0.3 is 34.2 Å². The highest BCUT2D eigenvalue weighted by Crippen LogP contribution is 2.45. The molecule has 0 amide bonds. The van der Waals surface area contributed by atoms with E-state index in [1.54, 1.807) is 0 Å². The van der Waals surface area contributed by atoms with Crippen LogP contribution in [0.1, 0.15) is 342 Å². The number of rotatable bonds is 83. The highest BCUT2D eigenvalue weighted by atomic mass is 31.2. The van der Waals surface area contributed by atoms with E-state index in [0.717, 1.165) is 193 Å². The van der Waals surface area contributed by atoms with Crippen LogP contribution in [0.5, 0.6) is 0 Å². The molecule has 18 heteroatoms. The number of unbranched alkanes of at least 4 members (excludes halogenated alkanes) is 28. The van der Waals surface area contributed by atoms with Gasteiger partial charge in [0.15, 0.2) is 6.10 Å². The minimum absolute atomic E-state index is 0.0781. The fraction of sp³-hybridized carbons (Fsp3) is 0.639. The Balaban J connectivity index is 4.61. The summed E-state index contributed by atoms with van der Waals surface area (Å²) in [6.45, 7) is 2.31. The molecule has 0 rings (SSSR count). The quantitative estimate of drug-likeness (QED) is 0.0146. The van der Waals surface area contributed by atoms with Gasteiger partial charge in [-0.1, -0.05) is 356 Å². The number of aliphatic hydroxyl groups is 2. The second kappa shape index (κ2) is 87.7. The number of hydrogen-bond acceptors (Lipinski definition) is 14. The molecule has 0 bridgehead atoms. The molecule has 0 fully saturated rings. The second-order valence-corrected chi connectivity index (χ2v) is 32.2. The molecule has 0 heterocycles. The first-order chi connectivity index (χ1) is 56.2. The Morgan fingerprint density at radius 3 is 0.687 bits per heavy atom. The molecule has 5 unspecified atom stereocenters. The van der Waals surface area contributed by atoms with Gasteiger partial charge in [0.1, 0.15) is 25.4 Å². The smallest absolute Gasteiger partial charge is 0.463 e. The standard InChI is InChI=1S/C97H160O16P2/c1-4-7-10-13-16-19-22-25-28-31-34-37-40-41-42-43-44-45-46-47-48-49-52-54-56-59-62-65-68-71-74-77-80-83-95(100)107-86-92(98)87-109-114(103,104)110-88-93(99)89-111-115(105,106)112-91-94(113-97(102)85-82-79-76-73-70-67-64-61-58-55-51-39-36-33-30-27-24-21-18-15-12-9-6-3)90-108-96(101)84-81-78-75-72-69-66-63-60-57-53-50-38-35-32-29-26-23-20-17-14-11-8-5-2/h7-12,16-21,25-30,34-39,41-42,53,55,57-58,63,66,92-94,98-99H,4-6,13-15,22-24,31-33,40,43-52,54,56,59-62,64-65,67-91H2,1-3H3,(H,103,104)(H,105,106)/b10-7-,11-8-,12-9-,19-16-,20-17-,21-18-,28-25-,29-26-,30-27-,37-34-,38-35-,39-36-,42-41-,57-53-,58-55-,66-63-. The molecule has 0 spiro atoms. The Labute approximate surface area is 699 Å². The number of carbonyl (C=O) groups is 3. The van der Waals surface area contributed by atoms with Crippen LogP contribution in [-0.4, -0.2) is 95.9 Å². The number of allylic oxidation sites excluding steroid dienone is 32. The fourth-order valence-corrected chi connectivity index (χ4v) is 13.2. The summed E-state index contributed by atoms with van der Waals surface area (Å²) in [5.41, 5.74) is 0. The third-order valence-corrected chi connectivity index (χ3v) is 20.2. The largest absolute Gasteiger partial charge is 0.472 e. The molecule has 115 heavy (non-hydrogen) atoms. The van der Waals surface area contributed by atoms with Crippen molar-refractivity contribution in [1.29, 1.82) is 0 Å². The van der Waals surface area contributed by atoms with Crippen molar-refractivity contribution in [2.24, 2.45) is 0 Å². The number of phosphoric ester groups is 2. The van der Waals surface area contributed by atoms with Crippen LogP contribution in [0.15, 0.2) is 194 Å². The number of hydrogen-bond donors (Lipinski definition) is 4. The first-order valence-electron chi connectivity index (χ1n) is 44.7. The topological polar surface area (TPSA) is 231 Å². The predicted molar refractivity (Wildman–Crippen MR) is 481 cm³/mol. The second-order valence-electron chi connectivity index (χ2n) is 29.3. The van der Waals surface area contributed by atoms with Gasteiger partial charge in [-0.3, -0.25) is 32.5 Å². The van der Waals surface area contributed by atoms with E-state index in [-0.39, 0.29) is 19.3 Å². The van der Waals surface area contributed by atoms with Gasteiger partial charge in [-0.15, -0.1) is 0 Å². The Morgan fingerprint density at radius 1 is 0.243 bits per heavy atom. The van der Waals surface area contributed by atoms with Gasteiger partial charge in [0.25, 0.3) is 0 Å². The van der Waals surface area contributed by atoms with E-state index in [4.69, 9.17) is 32.3 Å². The summed E-state index contributed by atoms with van der Waals surface area (Å²) in [7, 11) is -9.83. The van der Waals surface area contributed by atoms with Crippen molar-refractivity contribution in [3.8, 4) is 0 Å². The number of carbonyl (C=O) groups excluding carboxylic acids is 3. The first kappa shape index (κ1) is 109. The predicted octanol–water partition coefficient (Wildman–Crippen LogP) is 27.4. The Kier molecular flexibility index (Phi) is 83.4. The van der Waals surface area contributed by atoms with Crippen molar-refractivity contribution >= 4 is 33.6 Å². The molecule has 16 nitrogen and oxygen atoms in total.